The molecule has 112 valence electrons. The topological polar surface area (TPSA) is 24.9 Å². The third-order valence-electron chi connectivity index (χ3n) is 3.21. The molecule has 0 aliphatic heterocycles. The number of aromatic nitrogens is 1. The molecule has 0 saturated carbocycles. The first-order valence-electron chi connectivity index (χ1n) is 6.88. The van der Waals surface area contributed by atoms with Gasteiger partial charge >= 0.3 is 0 Å². The molecule has 21 heavy (non-hydrogen) atoms. The van der Waals surface area contributed by atoms with Crippen molar-refractivity contribution < 1.29 is 0 Å². The van der Waals surface area contributed by atoms with E-state index in [1.54, 1.807) is 12.4 Å². The molecule has 1 N–H and O–H groups in total. The summed E-state index contributed by atoms with van der Waals surface area (Å²) in [6.07, 6.45) is 5.32. The van der Waals surface area contributed by atoms with Crippen molar-refractivity contribution in [3.05, 3.63) is 62.3 Å². The third-order valence-corrected chi connectivity index (χ3v) is 4.22. The lowest BCUT2D eigenvalue weighted by atomic mass is 9.99. The lowest BCUT2D eigenvalue weighted by Gasteiger charge is -2.20. The van der Waals surface area contributed by atoms with Gasteiger partial charge in [-0.3, -0.25) is 4.98 Å². The minimum absolute atomic E-state index is 0.167. The molecule has 2 nitrogen and oxygen atoms in total. The van der Waals surface area contributed by atoms with E-state index in [4.69, 9.17) is 23.2 Å². The van der Waals surface area contributed by atoms with Crippen LogP contribution < -0.4 is 5.32 Å². The molecule has 0 amide bonds. The molecule has 1 heterocycles. The lowest BCUT2D eigenvalue weighted by Crippen LogP contribution is -2.24. The average Bonchev–Trinajstić information content (AvgIpc) is 2.44. The van der Waals surface area contributed by atoms with Crippen LogP contribution in [0.25, 0.3) is 0 Å². The Labute approximate surface area is 144 Å². The van der Waals surface area contributed by atoms with Gasteiger partial charge in [-0.25, -0.2) is 0 Å². The van der Waals surface area contributed by atoms with Gasteiger partial charge in [-0.05, 0) is 54.8 Å². The Balaban J connectivity index is 2.27. The van der Waals surface area contributed by atoms with Gasteiger partial charge in [0.15, 0.2) is 0 Å². The number of rotatable bonds is 6. The fourth-order valence-corrected chi connectivity index (χ4v) is 3.28. The maximum atomic E-state index is 6.23. The molecular formula is C16H17BrCl2N2. The highest BCUT2D eigenvalue weighted by Crippen LogP contribution is 2.27. The Hall–Kier alpha value is -0.610. The zero-order valence-electron chi connectivity index (χ0n) is 11.7. The molecule has 0 spiro atoms. The van der Waals surface area contributed by atoms with Gasteiger partial charge in [0.25, 0.3) is 0 Å². The fourth-order valence-electron chi connectivity index (χ4n) is 2.19. The summed E-state index contributed by atoms with van der Waals surface area (Å²) < 4.78 is 0.981. The first-order valence-corrected chi connectivity index (χ1v) is 8.42. The highest BCUT2D eigenvalue weighted by atomic mass is 79.9. The molecule has 0 saturated heterocycles. The van der Waals surface area contributed by atoms with Gasteiger partial charge in [0.1, 0.15) is 0 Å². The van der Waals surface area contributed by atoms with Crippen LogP contribution in [-0.4, -0.2) is 11.5 Å². The van der Waals surface area contributed by atoms with Crippen molar-refractivity contribution in [2.45, 2.75) is 25.8 Å². The maximum absolute atomic E-state index is 6.23. The predicted molar refractivity (Wildman–Crippen MR) is 93.1 cm³/mol. The second-order valence-corrected chi connectivity index (χ2v) is 6.64. The molecule has 1 aromatic carbocycles. The first kappa shape index (κ1) is 16.8. The van der Waals surface area contributed by atoms with Gasteiger partial charge in [0.2, 0.25) is 0 Å². The second kappa shape index (κ2) is 8.14. The van der Waals surface area contributed by atoms with E-state index in [2.05, 4.69) is 39.2 Å². The predicted octanol–water partition coefficient (Wildman–Crippen LogP) is 5.43. The Morgan fingerprint density at radius 3 is 2.76 bits per heavy atom. The molecule has 0 fully saturated rings. The van der Waals surface area contributed by atoms with E-state index < -0.39 is 0 Å². The molecule has 1 unspecified atom stereocenters. The monoisotopic (exact) mass is 386 g/mol. The zero-order chi connectivity index (χ0) is 15.2. The van der Waals surface area contributed by atoms with Crippen LogP contribution in [0.3, 0.4) is 0 Å². The standard InChI is InChI=1S/C16H17BrCl2N2/c1-2-4-21-16(8-11-3-5-20-10-15(11)19)12-6-13(17)9-14(18)7-12/h3,5-7,9-10,16,21H,2,4,8H2,1H3. The van der Waals surface area contributed by atoms with E-state index >= 15 is 0 Å². The first-order chi connectivity index (χ1) is 10.1. The van der Waals surface area contributed by atoms with Gasteiger partial charge in [-0.2, -0.15) is 0 Å². The van der Waals surface area contributed by atoms with Crippen molar-refractivity contribution in [3.8, 4) is 0 Å². The van der Waals surface area contributed by atoms with Crippen molar-refractivity contribution in [1.82, 2.24) is 10.3 Å². The largest absolute Gasteiger partial charge is 0.310 e. The Bertz CT molecular complexity index is 584. The Morgan fingerprint density at radius 1 is 1.29 bits per heavy atom. The number of hydrogen-bond acceptors (Lipinski definition) is 2. The molecular weight excluding hydrogens is 371 g/mol. The van der Waals surface area contributed by atoms with E-state index in [0.29, 0.717) is 5.02 Å². The van der Waals surface area contributed by atoms with E-state index in [0.717, 1.165) is 40.0 Å². The van der Waals surface area contributed by atoms with E-state index in [1.165, 1.54) is 0 Å². The smallest absolute Gasteiger partial charge is 0.0622 e. The molecule has 1 aromatic heterocycles. The average molecular weight is 388 g/mol. The van der Waals surface area contributed by atoms with Gasteiger partial charge in [-0.15, -0.1) is 0 Å². The highest BCUT2D eigenvalue weighted by Gasteiger charge is 2.14. The summed E-state index contributed by atoms with van der Waals surface area (Å²) in [4.78, 5) is 4.03. The van der Waals surface area contributed by atoms with Crippen LogP contribution in [-0.2, 0) is 6.42 Å². The summed E-state index contributed by atoms with van der Waals surface area (Å²) >= 11 is 15.9. The number of hydrogen-bond donors (Lipinski definition) is 1. The quantitative estimate of drug-likeness (QED) is 0.714. The summed E-state index contributed by atoms with van der Waals surface area (Å²) in [6.45, 7) is 3.09. The zero-order valence-corrected chi connectivity index (χ0v) is 14.8. The Morgan fingerprint density at radius 2 is 2.10 bits per heavy atom. The van der Waals surface area contributed by atoms with E-state index in [9.17, 15) is 0 Å². The van der Waals surface area contributed by atoms with Crippen LogP contribution in [0, 0.1) is 0 Å². The summed E-state index contributed by atoms with van der Waals surface area (Å²) in [6, 6.07) is 8.10. The number of pyridine rings is 1. The number of halogens is 3. The minimum atomic E-state index is 0.167. The summed E-state index contributed by atoms with van der Waals surface area (Å²) in [5.41, 5.74) is 2.23. The van der Waals surface area contributed by atoms with Crippen LogP contribution in [0.2, 0.25) is 10.0 Å². The van der Waals surface area contributed by atoms with Crippen molar-refractivity contribution in [2.24, 2.45) is 0 Å². The highest BCUT2D eigenvalue weighted by molar-refractivity contribution is 9.10. The van der Waals surface area contributed by atoms with Crippen LogP contribution in [0.1, 0.15) is 30.5 Å². The summed E-state index contributed by atoms with van der Waals surface area (Å²) in [7, 11) is 0. The normalized spacial score (nSPS) is 12.4. The van der Waals surface area contributed by atoms with Gasteiger partial charge in [0, 0.05) is 27.9 Å². The third kappa shape index (κ3) is 4.96. The van der Waals surface area contributed by atoms with Crippen molar-refractivity contribution in [1.29, 1.82) is 0 Å². The molecule has 0 radical (unpaired) electrons. The summed E-state index contributed by atoms with van der Waals surface area (Å²) in [5.74, 6) is 0. The van der Waals surface area contributed by atoms with E-state index in [1.807, 2.05) is 18.2 Å². The van der Waals surface area contributed by atoms with Gasteiger partial charge in [0.05, 0.1) is 5.02 Å². The molecule has 0 aliphatic rings. The van der Waals surface area contributed by atoms with E-state index in [-0.39, 0.29) is 6.04 Å². The fraction of sp³-hybridized carbons (Fsp3) is 0.312. The molecule has 0 bridgehead atoms. The minimum Gasteiger partial charge on any atom is -0.310 e. The van der Waals surface area contributed by atoms with Crippen molar-refractivity contribution >= 4 is 39.1 Å². The Kier molecular flexibility index (Phi) is 6.49. The van der Waals surface area contributed by atoms with Crippen LogP contribution in [0.15, 0.2) is 41.1 Å². The maximum Gasteiger partial charge on any atom is 0.0622 e. The van der Waals surface area contributed by atoms with Gasteiger partial charge < -0.3 is 5.32 Å². The van der Waals surface area contributed by atoms with Crippen LogP contribution in [0.4, 0.5) is 0 Å². The van der Waals surface area contributed by atoms with Crippen LogP contribution in [0.5, 0.6) is 0 Å². The van der Waals surface area contributed by atoms with Crippen LogP contribution >= 0.6 is 39.1 Å². The molecule has 0 aliphatic carbocycles. The molecule has 5 heteroatoms. The van der Waals surface area contributed by atoms with Crippen molar-refractivity contribution in [3.63, 3.8) is 0 Å². The molecule has 2 rings (SSSR count). The second-order valence-electron chi connectivity index (χ2n) is 4.88. The lowest BCUT2D eigenvalue weighted by molar-refractivity contribution is 0.529. The number of nitrogens with one attached hydrogen (secondary N) is 1. The SMILES string of the molecule is CCCNC(Cc1ccncc1Cl)c1cc(Cl)cc(Br)c1. The van der Waals surface area contributed by atoms with Crippen molar-refractivity contribution in [2.75, 3.05) is 6.54 Å². The molecule has 2 aromatic rings. The molecule has 1 atom stereocenters. The number of benzene rings is 1. The summed E-state index contributed by atoms with van der Waals surface area (Å²) in [5, 5.41) is 4.98. The van der Waals surface area contributed by atoms with Gasteiger partial charge in [-0.1, -0.05) is 46.1 Å². The number of nitrogens with zero attached hydrogens (tertiary/aromatic N) is 1.